The van der Waals surface area contributed by atoms with Gasteiger partial charge in [0.25, 0.3) is 5.91 Å². The Hall–Kier alpha value is -2.24. The van der Waals surface area contributed by atoms with Crippen LogP contribution in [0.3, 0.4) is 0 Å². The SMILES string of the molecule is CC(OC(=O)c1cc(N)cc(N)c1)C(=O)NC(C)(C)C. The van der Waals surface area contributed by atoms with E-state index in [-0.39, 0.29) is 17.0 Å². The lowest BCUT2D eigenvalue weighted by molar-refractivity contribution is -0.130. The summed E-state index contributed by atoms with van der Waals surface area (Å²) in [6, 6.07) is 4.44. The maximum Gasteiger partial charge on any atom is 0.339 e. The molecule has 0 saturated heterocycles. The van der Waals surface area contributed by atoms with E-state index in [1.54, 1.807) is 0 Å². The first kappa shape index (κ1) is 15.8. The van der Waals surface area contributed by atoms with E-state index in [4.69, 9.17) is 16.2 Å². The highest BCUT2D eigenvalue weighted by Crippen LogP contribution is 2.15. The summed E-state index contributed by atoms with van der Waals surface area (Å²) in [5.41, 5.74) is 11.8. The highest BCUT2D eigenvalue weighted by Gasteiger charge is 2.23. The second-order valence-electron chi connectivity index (χ2n) is 5.68. The largest absolute Gasteiger partial charge is 0.449 e. The van der Waals surface area contributed by atoms with E-state index < -0.39 is 12.1 Å². The van der Waals surface area contributed by atoms with Crippen LogP contribution < -0.4 is 16.8 Å². The van der Waals surface area contributed by atoms with Crippen molar-refractivity contribution in [2.45, 2.75) is 39.3 Å². The summed E-state index contributed by atoms with van der Waals surface area (Å²) in [4.78, 5) is 23.7. The maximum atomic E-state index is 11.9. The number of carbonyl (C=O) groups is 2. The van der Waals surface area contributed by atoms with Gasteiger partial charge in [-0.2, -0.15) is 0 Å². The van der Waals surface area contributed by atoms with Crippen LogP contribution in [0.1, 0.15) is 38.1 Å². The molecule has 6 nitrogen and oxygen atoms in total. The fraction of sp³-hybridized carbons (Fsp3) is 0.429. The molecule has 0 spiro atoms. The fourth-order valence-corrected chi connectivity index (χ4v) is 1.55. The molecule has 0 aromatic heterocycles. The summed E-state index contributed by atoms with van der Waals surface area (Å²) in [6.45, 7) is 7.04. The molecule has 20 heavy (non-hydrogen) atoms. The second-order valence-corrected chi connectivity index (χ2v) is 5.68. The first-order valence-corrected chi connectivity index (χ1v) is 6.27. The molecule has 0 bridgehead atoms. The topological polar surface area (TPSA) is 107 Å². The van der Waals surface area contributed by atoms with Crippen molar-refractivity contribution in [3.63, 3.8) is 0 Å². The van der Waals surface area contributed by atoms with Gasteiger partial charge in [0.1, 0.15) is 0 Å². The van der Waals surface area contributed by atoms with Crippen LogP contribution in [0.15, 0.2) is 18.2 Å². The number of nitrogens with two attached hydrogens (primary N) is 2. The van der Waals surface area contributed by atoms with Gasteiger partial charge < -0.3 is 21.5 Å². The number of anilines is 2. The molecule has 0 aliphatic rings. The maximum absolute atomic E-state index is 11.9. The number of ether oxygens (including phenoxy) is 1. The Kier molecular flexibility index (Phi) is 4.60. The zero-order valence-corrected chi connectivity index (χ0v) is 12.2. The van der Waals surface area contributed by atoms with Gasteiger partial charge in [0.15, 0.2) is 6.10 Å². The number of carbonyl (C=O) groups excluding carboxylic acids is 2. The minimum Gasteiger partial charge on any atom is -0.449 e. The van der Waals surface area contributed by atoms with Crippen molar-refractivity contribution in [3.05, 3.63) is 23.8 Å². The molecule has 6 heteroatoms. The average Bonchev–Trinajstić information content (AvgIpc) is 2.25. The van der Waals surface area contributed by atoms with Crippen LogP contribution in [0.4, 0.5) is 11.4 Å². The molecule has 1 amide bonds. The number of amides is 1. The number of nitrogens with one attached hydrogen (secondary N) is 1. The normalized spacial score (nSPS) is 12.6. The Morgan fingerprint density at radius 3 is 2.10 bits per heavy atom. The van der Waals surface area contributed by atoms with Gasteiger partial charge in [-0.1, -0.05) is 0 Å². The number of esters is 1. The van der Waals surface area contributed by atoms with E-state index in [1.807, 2.05) is 20.8 Å². The van der Waals surface area contributed by atoms with Crippen molar-refractivity contribution < 1.29 is 14.3 Å². The fourth-order valence-electron chi connectivity index (χ4n) is 1.55. The minimum atomic E-state index is -0.899. The van der Waals surface area contributed by atoms with Crippen molar-refractivity contribution in [3.8, 4) is 0 Å². The van der Waals surface area contributed by atoms with Gasteiger partial charge in [0, 0.05) is 16.9 Å². The van der Waals surface area contributed by atoms with Crippen LogP contribution in [-0.4, -0.2) is 23.5 Å². The van der Waals surface area contributed by atoms with E-state index in [0.717, 1.165) is 0 Å². The van der Waals surface area contributed by atoms with Crippen LogP contribution in [0.25, 0.3) is 0 Å². The predicted octanol–water partition coefficient (Wildman–Crippen LogP) is 1.31. The van der Waals surface area contributed by atoms with Crippen LogP contribution in [0.2, 0.25) is 0 Å². The van der Waals surface area contributed by atoms with E-state index in [1.165, 1.54) is 25.1 Å². The van der Waals surface area contributed by atoms with Crippen LogP contribution in [0.5, 0.6) is 0 Å². The molecule has 1 rings (SSSR count). The third-order valence-corrected chi connectivity index (χ3v) is 2.36. The molecule has 0 heterocycles. The van der Waals surface area contributed by atoms with Gasteiger partial charge in [0.05, 0.1) is 5.56 Å². The number of nitrogen functional groups attached to an aromatic ring is 2. The lowest BCUT2D eigenvalue weighted by Crippen LogP contribution is -2.46. The van der Waals surface area contributed by atoms with E-state index in [0.29, 0.717) is 11.4 Å². The predicted molar refractivity (Wildman–Crippen MR) is 78.0 cm³/mol. The summed E-state index contributed by atoms with van der Waals surface area (Å²) in [5, 5.41) is 2.73. The lowest BCUT2D eigenvalue weighted by Gasteiger charge is -2.23. The van der Waals surface area contributed by atoms with Crippen molar-refractivity contribution in [1.82, 2.24) is 5.32 Å². The van der Waals surface area contributed by atoms with E-state index in [9.17, 15) is 9.59 Å². The Labute approximate surface area is 118 Å². The number of rotatable bonds is 3. The van der Waals surface area contributed by atoms with Gasteiger partial charge in [0.2, 0.25) is 0 Å². The first-order chi connectivity index (χ1) is 9.08. The molecule has 5 N–H and O–H groups in total. The Bertz CT molecular complexity index is 501. The molecule has 0 aliphatic heterocycles. The third-order valence-electron chi connectivity index (χ3n) is 2.36. The van der Waals surface area contributed by atoms with Crippen molar-refractivity contribution >= 4 is 23.3 Å². The molecule has 1 atom stereocenters. The minimum absolute atomic E-state index is 0.220. The molecule has 0 fully saturated rings. The molecule has 0 aliphatic carbocycles. The van der Waals surface area contributed by atoms with Gasteiger partial charge in [-0.3, -0.25) is 4.79 Å². The molecule has 110 valence electrons. The summed E-state index contributed by atoms with van der Waals surface area (Å²) in [7, 11) is 0. The molecular formula is C14H21N3O3. The van der Waals surface area contributed by atoms with Crippen molar-refractivity contribution in [1.29, 1.82) is 0 Å². The van der Waals surface area contributed by atoms with Gasteiger partial charge >= 0.3 is 5.97 Å². The zero-order chi connectivity index (χ0) is 15.5. The summed E-state index contributed by atoms with van der Waals surface area (Å²) < 4.78 is 5.09. The van der Waals surface area contributed by atoms with Crippen LogP contribution in [0, 0.1) is 0 Å². The molecule has 1 aromatic rings. The summed E-state index contributed by atoms with van der Waals surface area (Å²) in [5.74, 6) is -0.997. The van der Waals surface area contributed by atoms with Gasteiger partial charge in [-0.25, -0.2) is 4.79 Å². The van der Waals surface area contributed by atoms with Gasteiger partial charge in [-0.05, 0) is 45.9 Å². The highest BCUT2D eigenvalue weighted by molar-refractivity contribution is 5.94. The van der Waals surface area contributed by atoms with Crippen LogP contribution in [-0.2, 0) is 9.53 Å². The first-order valence-electron chi connectivity index (χ1n) is 6.27. The summed E-state index contributed by atoms with van der Waals surface area (Å²) in [6.07, 6.45) is -0.899. The zero-order valence-electron chi connectivity index (χ0n) is 12.2. The molecule has 1 unspecified atom stereocenters. The number of hydrogen-bond donors (Lipinski definition) is 3. The van der Waals surface area contributed by atoms with Gasteiger partial charge in [-0.15, -0.1) is 0 Å². The monoisotopic (exact) mass is 279 g/mol. The number of benzene rings is 1. The lowest BCUT2D eigenvalue weighted by atomic mass is 10.1. The molecule has 0 radical (unpaired) electrons. The smallest absolute Gasteiger partial charge is 0.339 e. The quantitative estimate of drug-likeness (QED) is 0.571. The highest BCUT2D eigenvalue weighted by atomic mass is 16.5. The average molecular weight is 279 g/mol. The summed E-state index contributed by atoms with van der Waals surface area (Å²) >= 11 is 0. The molecule has 1 aromatic carbocycles. The molecular weight excluding hydrogens is 258 g/mol. The van der Waals surface area contributed by atoms with Crippen molar-refractivity contribution in [2.75, 3.05) is 11.5 Å². The van der Waals surface area contributed by atoms with E-state index >= 15 is 0 Å². The third kappa shape index (κ3) is 4.79. The molecule has 0 saturated carbocycles. The van der Waals surface area contributed by atoms with Crippen LogP contribution >= 0.6 is 0 Å². The number of hydrogen-bond acceptors (Lipinski definition) is 5. The Morgan fingerprint density at radius 1 is 1.15 bits per heavy atom. The van der Waals surface area contributed by atoms with Crippen molar-refractivity contribution in [2.24, 2.45) is 0 Å². The Balaban J connectivity index is 2.72. The second kappa shape index (κ2) is 5.81. The Morgan fingerprint density at radius 2 is 1.65 bits per heavy atom. The standard InChI is InChI=1S/C14H21N3O3/c1-8(12(18)17-14(2,3)4)20-13(19)9-5-10(15)7-11(16)6-9/h5-8H,15-16H2,1-4H3,(H,17,18). The van der Waals surface area contributed by atoms with E-state index in [2.05, 4.69) is 5.32 Å².